The third-order valence-corrected chi connectivity index (χ3v) is 6.40. The first kappa shape index (κ1) is 28.6. The lowest BCUT2D eigenvalue weighted by Gasteiger charge is -2.17. The number of nitrogen functional groups attached to an aromatic ring is 1. The highest BCUT2D eigenvalue weighted by Gasteiger charge is 2.23. The molecule has 0 bridgehead atoms. The van der Waals surface area contributed by atoms with Crippen LogP contribution >= 0.6 is 11.8 Å². The highest BCUT2D eigenvalue weighted by atomic mass is 32.2. The fourth-order valence-electron chi connectivity index (χ4n) is 3.72. The van der Waals surface area contributed by atoms with Crippen molar-refractivity contribution in [1.82, 2.24) is 4.98 Å². The van der Waals surface area contributed by atoms with Crippen molar-refractivity contribution in [2.75, 3.05) is 43.4 Å². The molecule has 200 valence electrons. The Labute approximate surface area is 229 Å². The monoisotopic (exact) mass is 546 g/mol. The van der Waals surface area contributed by atoms with E-state index in [0.29, 0.717) is 34.2 Å². The maximum absolute atomic E-state index is 12.5. The maximum atomic E-state index is 12.5. The molecule has 2 aromatic carbocycles. The number of pyridine rings is 1. The number of amides is 2. The molecule has 39 heavy (non-hydrogen) atoms. The van der Waals surface area contributed by atoms with Gasteiger partial charge in [0.2, 0.25) is 17.6 Å². The minimum absolute atomic E-state index is 0.0330. The highest BCUT2D eigenvalue weighted by molar-refractivity contribution is 7.99. The molecule has 12 heteroatoms. The first-order chi connectivity index (χ1) is 18.8. The van der Waals surface area contributed by atoms with Gasteiger partial charge in [0.15, 0.2) is 11.5 Å². The van der Waals surface area contributed by atoms with Crippen molar-refractivity contribution in [3.8, 4) is 40.5 Å². The zero-order valence-electron chi connectivity index (χ0n) is 21.7. The normalized spacial score (nSPS) is 10.1. The molecule has 0 saturated carbocycles. The van der Waals surface area contributed by atoms with E-state index >= 15 is 0 Å². The second-order valence-corrected chi connectivity index (χ2v) is 9.05. The Morgan fingerprint density at radius 3 is 2.00 bits per heavy atom. The van der Waals surface area contributed by atoms with Crippen LogP contribution in [0.3, 0.4) is 0 Å². The smallest absolute Gasteiger partial charge is 0.225 e. The number of nitrogens with zero attached hydrogens (tertiary/aromatic N) is 3. The lowest BCUT2D eigenvalue weighted by atomic mass is 9.96. The summed E-state index contributed by atoms with van der Waals surface area (Å²) in [6.45, 7) is 1.41. The summed E-state index contributed by atoms with van der Waals surface area (Å²) in [5.41, 5.74) is 8.20. The second kappa shape index (κ2) is 13.0. The summed E-state index contributed by atoms with van der Waals surface area (Å²) in [5.74, 6) is 0.833. The molecule has 4 N–H and O–H groups in total. The molecular weight excluding hydrogens is 520 g/mol. The number of rotatable bonds is 10. The van der Waals surface area contributed by atoms with Gasteiger partial charge in [0.05, 0.1) is 26.9 Å². The number of aromatic nitrogens is 1. The third kappa shape index (κ3) is 6.69. The van der Waals surface area contributed by atoms with E-state index in [-0.39, 0.29) is 51.5 Å². The summed E-state index contributed by atoms with van der Waals surface area (Å²) < 4.78 is 16.2. The molecule has 0 aliphatic heterocycles. The molecule has 3 aromatic rings. The zero-order valence-corrected chi connectivity index (χ0v) is 22.6. The van der Waals surface area contributed by atoms with Gasteiger partial charge in [0, 0.05) is 36.0 Å². The fourth-order valence-corrected chi connectivity index (χ4v) is 4.66. The Bertz CT molecular complexity index is 1450. The summed E-state index contributed by atoms with van der Waals surface area (Å²) in [6, 6.07) is 14.1. The molecule has 0 unspecified atom stereocenters. The number of ether oxygens (including phenoxy) is 3. The standard InChI is InChI=1S/C27H26N6O5S/c1-15(34)31-17-5-7-18(8-6-17)32-23(35)9-10-39-27-20(14-29)24(19(13-28)26(30)33-27)16-11-21(36-2)25(38-4)22(12-16)37-3/h5-8,11-12H,9-10H2,1-4H3,(H2,30,33)(H,31,34)(H,32,35). The Kier molecular flexibility index (Phi) is 9.57. The van der Waals surface area contributed by atoms with E-state index in [1.54, 1.807) is 36.4 Å². The lowest BCUT2D eigenvalue weighted by molar-refractivity contribution is -0.116. The van der Waals surface area contributed by atoms with Gasteiger partial charge in [-0.15, -0.1) is 11.8 Å². The Morgan fingerprint density at radius 1 is 0.949 bits per heavy atom. The first-order valence-electron chi connectivity index (χ1n) is 11.5. The average molecular weight is 547 g/mol. The van der Waals surface area contributed by atoms with Crippen molar-refractivity contribution in [2.45, 2.75) is 18.4 Å². The van der Waals surface area contributed by atoms with Crippen LogP contribution in [0.15, 0.2) is 41.4 Å². The SMILES string of the molecule is COc1cc(-c2c(C#N)c(N)nc(SCCC(=O)Nc3ccc(NC(C)=O)cc3)c2C#N)cc(OC)c1OC. The van der Waals surface area contributed by atoms with Gasteiger partial charge in [-0.2, -0.15) is 10.5 Å². The molecular formula is C27H26N6O5S. The van der Waals surface area contributed by atoms with Crippen LogP contribution in [0.25, 0.3) is 11.1 Å². The quantitative estimate of drug-likeness (QED) is 0.313. The van der Waals surface area contributed by atoms with Crippen molar-refractivity contribution < 1.29 is 23.8 Å². The number of hydrogen-bond acceptors (Lipinski definition) is 10. The van der Waals surface area contributed by atoms with Gasteiger partial charge in [-0.05, 0) is 42.0 Å². The molecule has 0 saturated heterocycles. The second-order valence-electron chi connectivity index (χ2n) is 7.97. The Balaban J connectivity index is 1.86. The van der Waals surface area contributed by atoms with E-state index in [9.17, 15) is 20.1 Å². The summed E-state index contributed by atoms with van der Waals surface area (Å²) in [5, 5.41) is 25.6. The molecule has 0 aliphatic carbocycles. The van der Waals surface area contributed by atoms with Crippen LogP contribution < -0.4 is 30.6 Å². The molecule has 1 heterocycles. The molecule has 0 radical (unpaired) electrons. The van der Waals surface area contributed by atoms with E-state index in [1.807, 2.05) is 6.07 Å². The summed E-state index contributed by atoms with van der Waals surface area (Å²) in [6.07, 6.45) is 0.115. The van der Waals surface area contributed by atoms with Crippen LogP contribution in [0.4, 0.5) is 17.2 Å². The number of benzene rings is 2. The number of nitriles is 2. The molecule has 11 nitrogen and oxygen atoms in total. The number of hydrogen-bond donors (Lipinski definition) is 3. The minimum atomic E-state index is -0.250. The Hall–Kier alpha value is -4.94. The maximum Gasteiger partial charge on any atom is 0.225 e. The molecule has 0 aliphatic rings. The van der Waals surface area contributed by atoms with Crippen molar-refractivity contribution in [3.63, 3.8) is 0 Å². The van der Waals surface area contributed by atoms with Crippen LogP contribution in [-0.4, -0.2) is 43.9 Å². The van der Waals surface area contributed by atoms with Gasteiger partial charge in [-0.25, -0.2) is 4.98 Å². The first-order valence-corrected chi connectivity index (χ1v) is 12.5. The molecule has 0 atom stereocenters. The van der Waals surface area contributed by atoms with Crippen LogP contribution in [-0.2, 0) is 9.59 Å². The largest absolute Gasteiger partial charge is 0.493 e. The van der Waals surface area contributed by atoms with Crippen LogP contribution in [0.2, 0.25) is 0 Å². The molecule has 2 amide bonds. The molecule has 1 aromatic heterocycles. The highest BCUT2D eigenvalue weighted by Crippen LogP contribution is 2.44. The summed E-state index contributed by atoms with van der Waals surface area (Å²) >= 11 is 1.17. The van der Waals surface area contributed by atoms with Crippen molar-refractivity contribution in [3.05, 3.63) is 47.5 Å². The number of methoxy groups -OCH3 is 3. The molecule has 3 rings (SSSR count). The van der Waals surface area contributed by atoms with E-state index in [1.165, 1.54) is 40.0 Å². The number of carbonyl (C=O) groups excluding carboxylic acids is 2. The molecule has 0 fully saturated rings. The fraction of sp³-hybridized carbons (Fsp3) is 0.222. The van der Waals surface area contributed by atoms with Crippen LogP contribution in [0.5, 0.6) is 17.2 Å². The number of carbonyl (C=O) groups is 2. The van der Waals surface area contributed by atoms with Crippen molar-refractivity contribution in [2.24, 2.45) is 0 Å². The van der Waals surface area contributed by atoms with Crippen molar-refractivity contribution >= 4 is 40.8 Å². The van der Waals surface area contributed by atoms with Gasteiger partial charge in [0.1, 0.15) is 28.5 Å². The van der Waals surface area contributed by atoms with E-state index in [4.69, 9.17) is 19.9 Å². The molecule has 0 spiro atoms. The predicted molar refractivity (Wildman–Crippen MR) is 148 cm³/mol. The zero-order chi connectivity index (χ0) is 28.5. The van der Waals surface area contributed by atoms with Crippen molar-refractivity contribution in [1.29, 1.82) is 10.5 Å². The predicted octanol–water partition coefficient (Wildman–Crippen LogP) is 4.18. The number of thioether (sulfide) groups is 1. The average Bonchev–Trinajstić information content (AvgIpc) is 2.92. The summed E-state index contributed by atoms with van der Waals surface area (Å²) in [7, 11) is 4.39. The topological polar surface area (TPSA) is 172 Å². The van der Waals surface area contributed by atoms with E-state index in [0.717, 1.165) is 0 Å². The van der Waals surface area contributed by atoms with Gasteiger partial charge in [0.25, 0.3) is 0 Å². The van der Waals surface area contributed by atoms with Gasteiger partial charge < -0.3 is 30.6 Å². The Morgan fingerprint density at radius 2 is 1.51 bits per heavy atom. The third-order valence-electron chi connectivity index (χ3n) is 5.43. The number of nitrogens with one attached hydrogen (secondary N) is 2. The van der Waals surface area contributed by atoms with Crippen LogP contribution in [0.1, 0.15) is 24.5 Å². The minimum Gasteiger partial charge on any atom is -0.493 e. The van der Waals surface area contributed by atoms with E-state index < -0.39 is 0 Å². The number of nitrogens with two attached hydrogens (primary N) is 1. The van der Waals surface area contributed by atoms with Crippen LogP contribution in [0, 0.1) is 22.7 Å². The summed E-state index contributed by atoms with van der Waals surface area (Å²) in [4.78, 5) is 27.9. The lowest BCUT2D eigenvalue weighted by Crippen LogP contribution is -2.12. The van der Waals surface area contributed by atoms with E-state index in [2.05, 4.69) is 21.7 Å². The van der Waals surface area contributed by atoms with Gasteiger partial charge in [-0.3, -0.25) is 9.59 Å². The number of anilines is 3. The van der Waals surface area contributed by atoms with Gasteiger partial charge in [-0.1, -0.05) is 0 Å². The van der Waals surface area contributed by atoms with Gasteiger partial charge >= 0.3 is 0 Å².